The van der Waals surface area contributed by atoms with Crippen LogP contribution in [0.25, 0.3) is 11.5 Å². The Balaban J connectivity index is 1.78. The molecule has 102 valence electrons. The Morgan fingerprint density at radius 2 is 1.95 bits per heavy atom. The third-order valence-corrected chi connectivity index (χ3v) is 3.33. The molecule has 0 aliphatic rings. The fourth-order valence-corrected chi connectivity index (χ4v) is 2.05. The van der Waals surface area contributed by atoms with E-state index in [4.69, 9.17) is 9.78 Å². The molecule has 0 atom stereocenters. The van der Waals surface area contributed by atoms with E-state index in [0.29, 0.717) is 29.4 Å². The van der Waals surface area contributed by atoms with E-state index in [-0.39, 0.29) is 0 Å². The van der Waals surface area contributed by atoms with Crippen molar-refractivity contribution in [2.75, 3.05) is 0 Å². The van der Waals surface area contributed by atoms with Crippen molar-refractivity contribution in [3.8, 4) is 17.6 Å². The van der Waals surface area contributed by atoms with Crippen molar-refractivity contribution < 1.29 is 4.52 Å². The lowest BCUT2D eigenvalue weighted by molar-refractivity contribution is 0.385. The highest BCUT2D eigenvalue weighted by atomic mass is 79.9. The quantitative estimate of drug-likeness (QED) is 0.730. The summed E-state index contributed by atoms with van der Waals surface area (Å²) in [7, 11) is 0. The van der Waals surface area contributed by atoms with Crippen LogP contribution in [-0.4, -0.2) is 15.1 Å². The normalized spacial score (nSPS) is 10.3. The van der Waals surface area contributed by atoms with Gasteiger partial charge in [0, 0.05) is 10.7 Å². The molecule has 0 aliphatic heterocycles. The fourth-order valence-electron chi connectivity index (χ4n) is 1.81. The molecule has 0 radical (unpaired) electrons. The maximum atomic E-state index is 8.77. The first kappa shape index (κ1) is 13.5. The van der Waals surface area contributed by atoms with Crippen LogP contribution in [-0.2, 0) is 6.42 Å². The third-order valence-electron chi connectivity index (χ3n) is 2.86. The van der Waals surface area contributed by atoms with Gasteiger partial charge in [-0.1, -0.05) is 17.3 Å². The number of hydrogen-bond donors (Lipinski definition) is 0. The van der Waals surface area contributed by atoms with Crippen molar-refractivity contribution in [1.82, 2.24) is 15.1 Å². The summed E-state index contributed by atoms with van der Waals surface area (Å²) in [5.41, 5.74) is 2.30. The van der Waals surface area contributed by atoms with Gasteiger partial charge in [0.2, 0.25) is 11.7 Å². The van der Waals surface area contributed by atoms with Crippen molar-refractivity contribution in [1.29, 1.82) is 5.26 Å². The Morgan fingerprint density at radius 3 is 2.62 bits per heavy atom. The molecule has 0 bridgehead atoms. The van der Waals surface area contributed by atoms with Crippen LogP contribution in [0, 0.1) is 11.3 Å². The first-order valence-corrected chi connectivity index (χ1v) is 6.97. The van der Waals surface area contributed by atoms with Crippen LogP contribution in [0.1, 0.15) is 17.0 Å². The lowest BCUT2D eigenvalue weighted by atomic mass is 10.1. The van der Waals surface area contributed by atoms with Crippen molar-refractivity contribution in [2.24, 2.45) is 0 Å². The molecule has 5 nitrogen and oxygen atoms in total. The SMILES string of the molecule is N#Cc1ccc(Cc2nc(-c3ccc(Br)cn3)no2)cc1. The second-order valence-electron chi connectivity index (χ2n) is 4.36. The summed E-state index contributed by atoms with van der Waals surface area (Å²) in [6, 6.07) is 13.1. The summed E-state index contributed by atoms with van der Waals surface area (Å²) >= 11 is 3.33. The largest absolute Gasteiger partial charge is 0.339 e. The van der Waals surface area contributed by atoms with Gasteiger partial charge in [-0.25, -0.2) is 0 Å². The van der Waals surface area contributed by atoms with Gasteiger partial charge in [-0.15, -0.1) is 0 Å². The van der Waals surface area contributed by atoms with E-state index < -0.39 is 0 Å². The monoisotopic (exact) mass is 340 g/mol. The average molecular weight is 341 g/mol. The molecule has 2 aromatic heterocycles. The van der Waals surface area contributed by atoms with Gasteiger partial charge in [0.1, 0.15) is 5.69 Å². The van der Waals surface area contributed by atoms with Gasteiger partial charge in [-0.2, -0.15) is 10.2 Å². The van der Waals surface area contributed by atoms with E-state index >= 15 is 0 Å². The Kier molecular flexibility index (Phi) is 3.75. The van der Waals surface area contributed by atoms with E-state index in [1.54, 1.807) is 18.3 Å². The van der Waals surface area contributed by atoms with E-state index in [9.17, 15) is 0 Å². The highest BCUT2D eigenvalue weighted by molar-refractivity contribution is 9.10. The topological polar surface area (TPSA) is 75.6 Å². The van der Waals surface area contributed by atoms with E-state index in [2.05, 4.69) is 37.1 Å². The smallest absolute Gasteiger partial charge is 0.231 e. The number of hydrogen-bond acceptors (Lipinski definition) is 5. The molecule has 0 aliphatic carbocycles. The van der Waals surface area contributed by atoms with Crippen LogP contribution in [0.3, 0.4) is 0 Å². The van der Waals surface area contributed by atoms with E-state index in [0.717, 1.165) is 10.0 Å². The van der Waals surface area contributed by atoms with Gasteiger partial charge >= 0.3 is 0 Å². The molecule has 3 aromatic rings. The Hall–Kier alpha value is -2.52. The van der Waals surface area contributed by atoms with Gasteiger partial charge in [0.25, 0.3) is 0 Å². The number of pyridine rings is 1. The number of benzene rings is 1. The minimum Gasteiger partial charge on any atom is -0.339 e. The zero-order valence-electron chi connectivity index (χ0n) is 10.8. The van der Waals surface area contributed by atoms with Crippen molar-refractivity contribution in [3.05, 3.63) is 64.1 Å². The maximum Gasteiger partial charge on any atom is 0.231 e. The van der Waals surface area contributed by atoms with Crippen molar-refractivity contribution >= 4 is 15.9 Å². The van der Waals surface area contributed by atoms with Gasteiger partial charge in [0.05, 0.1) is 18.1 Å². The lowest BCUT2D eigenvalue weighted by Crippen LogP contribution is -1.89. The molecule has 0 fully saturated rings. The number of nitriles is 1. The third kappa shape index (κ3) is 3.15. The van der Waals surface area contributed by atoms with Gasteiger partial charge in [-0.3, -0.25) is 4.98 Å². The maximum absolute atomic E-state index is 8.77. The molecule has 0 amide bonds. The summed E-state index contributed by atoms with van der Waals surface area (Å²) in [5.74, 6) is 0.977. The second kappa shape index (κ2) is 5.85. The predicted octanol–water partition coefficient (Wildman–Crippen LogP) is 3.36. The highest BCUT2D eigenvalue weighted by Crippen LogP contribution is 2.17. The second-order valence-corrected chi connectivity index (χ2v) is 5.27. The summed E-state index contributed by atoms with van der Waals surface area (Å²) in [6.07, 6.45) is 2.21. The number of halogens is 1. The zero-order chi connectivity index (χ0) is 14.7. The van der Waals surface area contributed by atoms with Crippen LogP contribution in [0.2, 0.25) is 0 Å². The molecule has 0 saturated carbocycles. The van der Waals surface area contributed by atoms with Crippen LogP contribution >= 0.6 is 15.9 Å². The molecule has 0 saturated heterocycles. The molecule has 6 heteroatoms. The summed E-state index contributed by atoms with van der Waals surface area (Å²) in [5, 5.41) is 12.7. The molecule has 1 aromatic carbocycles. The fraction of sp³-hybridized carbons (Fsp3) is 0.0667. The Labute approximate surface area is 129 Å². The average Bonchev–Trinajstić information content (AvgIpc) is 2.97. The summed E-state index contributed by atoms with van der Waals surface area (Å²) in [6.45, 7) is 0. The van der Waals surface area contributed by atoms with E-state index in [1.165, 1.54) is 0 Å². The van der Waals surface area contributed by atoms with Crippen LogP contribution < -0.4 is 0 Å². The molecule has 3 rings (SSSR count). The van der Waals surface area contributed by atoms with Crippen LogP contribution in [0.15, 0.2) is 51.6 Å². The van der Waals surface area contributed by atoms with Crippen molar-refractivity contribution in [3.63, 3.8) is 0 Å². The highest BCUT2D eigenvalue weighted by Gasteiger charge is 2.10. The van der Waals surface area contributed by atoms with Gasteiger partial charge in [-0.05, 0) is 45.8 Å². The summed E-state index contributed by atoms with van der Waals surface area (Å²) in [4.78, 5) is 8.55. The van der Waals surface area contributed by atoms with E-state index in [1.807, 2.05) is 24.3 Å². The Morgan fingerprint density at radius 1 is 1.14 bits per heavy atom. The molecule has 0 unspecified atom stereocenters. The Bertz CT molecular complexity index is 788. The standard InChI is InChI=1S/C15H9BrN4O/c16-12-5-6-13(18-9-12)15-19-14(21-20-15)7-10-1-3-11(8-17)4-2-10/h1-6,9H,7H2. The van der Waals surface area contributed by atoms with Gasteiger partial charge < -0.3 is 4.52 Å². The lowest BCUT2D eigenvalue weighted by Gasteiger charge is -1.96. The number of rotatable bonds is 3. The minimum absolute atomic E-state index is 0.464. The predicted molar refractivity (Wildman–Crippen MR) is 79.2 cm³/mol. The molecular weight excluding hydrogens is 332 g/mol. The van der Waals surface area contributed by atoms with Crippen LogP contribution in [0.4, 0.5) is 0 Å². The molecular formula is C15H9BrN4O. The first-order valence-electron chi connectivity index (χ1n) is 6.18. The van der Waals surface area contributed by atoms with Crippen LogP contribution in [0.5, 0.6) is 0 Å². The summed E-state index contributed by atoms with van der Waals surface area (Å²) < 4.78 is 6.13. The number of aromatic nitrogens is 3. The molecule has 2 heterocycles. The first-order chi connectivity index (χ1) is 10.2. The molecule has 21 heavy (non-hydrogen) atoms. The van der Waals surface area contributed by atoms with Crippen molar-refractivity contribution in [2.45, 2.75) is 6.42 Å². The van der Waals surface area contributed by atoms with Gasteiger partial charge in [0.15, 0.2) is 0 Å². The zero-order valence-corrected chi connectivity index (χ0v) is 12.4. The number of nitrogens with zero attached hydrogens (tertiary/aromatic N) is 4. The molecule has 0 spiro atoms. The minimum atomic E-state index is 0.464. The molecule has 0 N–H and O–H groups in total.